The summed E-state index contributed by atoms with van der Waals surface area (Å²) in [5.41, 5.74) is 1.17. The normalized spacial score (nSPS) is 16.0. The van der Waals surface area contributed by atoms with E-state index in [0.29, 0.717) is 11.1 Å². The average molecular weight is 519 g/mol. The van der Waals surface area contributed by atoms with Crippen LogP contribution in [0.25, 0.3) is 0 Å². The first kappa shape index (κ1) is 27.6. The van der Waals surface area contributed by atoms with Gasteiger partial charge < -0.3 is 8.85 Å². The lowest BCUT2D eigenvalue weighted by Gasteiger charge is -2.39. The highest BCUT2D eigenvalue weighted by Crippen LogP contribution is 2.47. The minimum atomic E-state index is -2.31. The molecule has 0 aromatic heterocycles. The van der Waals surface area contributed by atoms with Crippen molar-refractivity contribution >= 4 is 22.4 Å². The lowest BCUT2D eigenvalue weighted by Crippen LogP contribution is -2.44. The molecular formula is C28H40F2O3Si2. The van der Waals surface area contributed by atoms with E-state index < -0.39 is 33.7 Å². The number of hydrogen-bond donors (Lipinski definition) is 0. The van der Waals surface area contributed by atoms with E-state index in [-0.39, 0.29) is 38.5 Å². The Morgan fingerprint density at radius 2 is 1.00 bits per heavy atom. The summed E-state index contributed by atoms with van der Waals surface area (Å²) >= 11 is 0. The van der Waals surface area contributed by atoms with Gasteiger partial charge in [0.15, 0.2) is 17.4 Å². The van der Waals surface area contributed by atoms with Gasteiger partial charge in [0.2, 0.25) is 0 Å². The van der Waals surface area contributed by atoms with E-state index >= 15 is 8.78 Å². The molecule has 1 aliphatic carbocycles. The maximum absolute atomic E-state index is 15.2. The van der Waals surface area contributed by atoms with Crippen molar-refractivity contribution in [2.45, 2.75) is 97.1 Å². The van der Waals surface area contributed by atoms with Crippen LogP contribution >= 0.6 is 0 Å². The zero-order chi connectivity index (χ0) is 26.9. The fourth-order valence-electron chi connectivity index (χ4n) is 3.82. The third-order valence-electron chi connectivity index (χ3n) is 8.32. The predicted molar refractivity (Wildman–Crippen MR) is 144 cm³/mol. The van der Waals surface area contributed by atoms with Crippen LogP contribution in [0.1, 0.15) is 82.4 Å². The van der Waals surface area contributed by atoms with Gasteiger partial charge in [-0.3, -0.25) is 4.79 Å². The minimum absolute atomic E-state index is 0.110. The molecule has 0 amide bonds. The fraction of sp³-hybridized carbons (Fsp3) is 0.536. The van der Waals surface area contributed by atoms with Gasteiger partial charge in [0.05, 0.1) is 0 Å². The third kappa shape index (κ3) is 4.74. The number of hydrogen-bond acceptors (Lipinski definition) is 3. The number of benzene rings is 2. The summed E-state index contributed by atoms with van der Waals surface area (Å²) in [6, 6.07) is 5.85. The Morgan fingerprint density at radius 3 is 1.29 bits per heavy atom. The molecule has 2 aromatic carbocycles. The number of ketones is 1. The molecule has 3 rings (SSSR count). The molecule has 0 saturated heterocycles. The van der Waals surface area contributed by atoms with Gasteiger partial charge >= 0.3 is 0 Å². The quantitative estimate of drug-likeness (QED) is 0.380. The standard InChI is InChI=1S/C28H40F2O3Si2/c1-26(2,3)34(9,10)32-23-15-19-17(13-21(23)29)25(31)18-14-22(30)24(16-20(18)28(19,7)8)33-35(11,12)27(4,5)6/h13-16H,1-12H3. The highest BCUT2D eigenvalue weighted by atomic mass is 28.4. The molecule has 0 saturated carbocycles. The Morgan fingerprint density at radius 1 is 0.686 bits per heavy atom. The monoisotopic (exact) mass is 518 g/mol. The first-order valence-electron chi connectivity index (χ1n) is 12.2. The van der Waals surface area contributed by atoms with Crippen LogP contribution in [0.15, 0.2) is 24.3 Å². The summed E-state index contributed by atoms with van der Waals surface area (Å²) in [5, 5.41) is -0.221. The van der Waals surface area contributed by atoms with E-state index in [2.05, 4.69) is 67.7 Å². The second-order valence-electron chi connectivity index (χ2n) is 13.3. The minimum Gasteiger partial charge on any atom is -0.542 e. The molecule has 1 aliphatic rings. The van der Waals surface area contributed by atoms with Gasteiger partial charge in [0, 0.05) is 16.5 Å². The van der Waals surface area contributed by atoms with E-state index in [1.54, 1.807) is 12.1 Å². The summed E-state index contributed by atoms with van der Waals surface area (Å²) in [4.78, 5) is 13.4. The van der Waals surface area contributed by atoms with Crippen molar-refractivity contribution in [2.75, 3.05) is 0 Å². The number of fused-ring (bicyclic) bond motifs is 2. The smallest absolute Gasteiger partial charge is 0.250 e. The lowest BCUT2D eigenvalue weighted by molar-refractivity contribution is 0.103. The third-order valence-corrected chi connectivity index (χ3v) is 17.0. The maximum Gasteiger partial charge on any atom is 0.250 e. The molecule has 0 N–H and O–H groups in total. The maximum atomic E-state index is 15.2. The second-order valence-corrected chi connectivity index (χ2v) is 22.8. The first-order chi connectivity index (χ1) is 15.6. The molecule has 7 heteroatoms. The largest absolute Gasteiger partial charge is 0.542 e. The van der Waals surface area contributed by atoms with Crippen LogP contribution in [0.4, 0.5) is 8.78 Å². The fourth-order valence-corrected chi connectivity index (χ4v) is 5.84. The van der Waals surface area contributed by atoms with Crippen LogP contribution < -0.4 is 8.85 Å². The molecular weight excluding hydrogens is 478 g/mol. The summed E-state index contributed by atoms with van der Waals surface area (Å²) in [6.45, 7) is 24.8. The zero-order valence-corrected chi connectivity index (χ0v) is 25.3. The number of carbonyl (C=O) groups excluding carboxylic acids is 1. The van der Waals surface area contributed by atoms with Crippen LogP contribution in [-0.2, 0) is 5.41 Å². The summed E-state index contributed by atoms with van der Waals surface area (Å²) in [5.74, 6) is -1.19. The van der Waals surface area contributed by atoms with Crippen LogP contribution in [-0.4, -0.2) is 22.4 Å². The summed E-state index contributed by atoms with van der Waals surface area (Å²) < 4.78 is 43.0. The van der Waals surface area contributed by atoms with Crippen molar-refractivity contribution in [1.82, 2.24) is 0 Å². The average Bonchev–Trinajstić information content (AvgIpc) is 2.66. The highest BCUT2D eigenvalue weighted by molar-refractivity contribution is 6.75. The molecule has 0 fully saturated rings. The van der Waals surface area contributed by atoms with E-state index in [4.69, 9.17) is 8.85 Å². The Bertz CT molecular complexity index is 1100. The van der Waals surface area contributed by atoms with E-state index in [1.165, 1.54) is 12.1 Å². The molecule has 192 valence electrons. The molecule has 0 unspecified atom stereocenters. The Balaban J connectivity index is 2.16. The number of halogens is 2. The number of carbonyl (C=O) groups is 1. The van der Waals surface area contributed by atoms with E-state index in [1.807, 2.05) is 13.8 Å². The number of rotatable bonds is 4. The van der Waals surface area contributed by atoms with Gasteiger partial charge in [-0.2, -0.15) is 0 Å². The molecule has 0 atom stereocenters. The van der Waals surface area contributed by atoms with Gasteiger partial charge in [0.1, 0.15) is 11.5 Å². The second kappa shape index (κ2) is 8.27. The van der Waals surface area contributed by atoms with Gasteiger partial charge in [-0.05, 0) is 71.7 Å². The van der Waals surface area contributed by atoms with Gasteiger partial charge in [-0.1, -0.05) is 55.4 Å². The van der Waals surface area contributed by atoms with Crippen molar-refractivity contribution < 1.29 is 22.4 Å². The Labute approximate surface area is 211 Å². The van der Waals surface area contributed by atoms with Gasteiger partial charge in [0.25, 0.3) is 16.6 Å². The SMILES string of the molecule is CC1(C)c2cc(O[Si](C)(C)C(C)(C)C)c(F)cc2C(=O)c2cc(F)c(O[Si](C)(C)C(C)(C)C)cc21. The Hall–Kier alpha value is -2.00. The Kier molecular flexibility index (Phi) is 6.52. The van der Waals surface area contributed by atoms with Crippen molar-refractivity contribution in [3.05, 3.63) is 58.2 Å². The van der Waals surface area contributed by atoms with Crippen LogP contribution in [0.3, 0.4) is 0 Å². The molecule has 0 heterocycles. The van der Waals surface area contributed by atoms with Crippen molar-refractivity contribution in [1.29, 1.82) is 0 Å². The summed E-state index contributed by atoms with van der Waals surface area (Å²) in [7, 11) is -4.62. The van der Waals surface area contributed by atoms with Crippen LogP contribution in [0.2, 0.25) is 36.3 Å². The van der Waals surface area contributed by atoms with Gasteiger partial charge in [-0.15, -0.1) is 0 Å². The first-order valence-corrected chi connectivity index (χ1v) is 18.0. The molecule has 0 bridgehead atoms. The van der Waals surface area contributed by atoms with E-state index in [9.17, 15) is 4.79 Å². The predicted octanol–water partition coefficient (Wildman–Crippen LogP) is 8.60. The molecule has 3 nitrogen and oxygen atoms in total. The molecule has 35 heavy (non-hydrogen) atoms. The van der Waals surface area contributed by atoms with Crippen molar-refractivity contribution in [3.8, 4) is 11.5 Å². The van der Waals surface area contributed by atoms with Crippen molar-refractivity contribution in [2.24, 2.45) is 0 Å². The van der Waals surface area contributed by atoms with Crippen molar-refractivity contribution in [3.63, 3.8) is 0 Å². The molecule has 0 aliphatic heterocycles. The van der Waals surface area contributed by atoms with Crippen LogP contribution in [0, 0.1) is 11.6 Å². The topological polar surface area (TPSA) is 35.5 Å². The molecule has 0 radical (unpaired) electrons. The van der Waals surface area contributed by atoms with Gasteiger partial charge in [-0.25, -0.2) is 8.78 Å². The molecule has 2 aromatic rings. The highest BCUT2D eigenvalue weighted by Gasteiger charge is 2.43. The zero-order valence-electron chi connectivity index (χ0n) is 23.3. The van der Waals surface area contributed by atoms with Crippen LogP contribution in [0.5, 0.6) is 11.5 Å². The van der Waals surface area contributed by atoms with E-state index in [0.717, 1.165) is 0 Å². The summed E-state index contributed by atoms with van der Waals surface area (Å²) in [6.07, 6.45) is 0. The molecule has 0 spiro atoms. The lowest BCUT2D eigenvalue weighted by atomic mass is 9.68.